The molecule has 6 nitrogen and oxygen atoms in total. The number of methoxy groups -OCH3 is 1. The fourth-order valence-corrected chi connectivity index (χ4v) is 4.81. The zero-order valence-corrected chi connectivity index (χ0v) is 19.3. The third-order valence-electron chi connectivity index (χ3n) is 6.91. The maximum atomic E-state index is 12.9. The summed E-state index contributed by atoms with van der Waals surface area (Å²) in [6, 6.07) is 7.14. The van der Waals surface area contributed by atoms with Crippen LogP contribution in [0.25, 0.3) is 0 Å². The van der Waals surface area contributed by atoms with Crippen LogP contribution in [0.4, 0.5) is 0 Å². The average molecular weight is 430 g/mol. The Balaban J connectivity index is 1.32. The molecular weight excluding hydrogens is 390 g/mol. The molecule has 0 atom stereocenters. The second kappa shape index (κ2) is 12.1. The Morgan fingerprint density at radius 1 is 1.03 bits per heavy atom. The van der Waals surface area contributed by atoms with Crippen LogP contribution in [0.1, 0.15) is 62.2 Å². The Labute approximate surface area is 187 Å². The summed E-state index contributed by atoms with van der Waals surface area (Å²) in [5.41, 5.74) is 0.639. The molecule has 1 aliphatic heterocycles. The molecule has 172 valence electrons. The molecule has 0 spiro atoms. The maximum Gasteiger partial charge on any atom is 0.251 e. The van der Waals surface area contributed by atoms with Crippen LogP contribution >= 0.6 is 0 Å². The number of hydrogen-bond acceptors (Lipinski definition) is 4. The zero-order chi connectivity index (χ0) is 22.1. The van der Waals surface area contributed by atoms with Crippen molar-refractivity contribution in [2.45, 2.75) is 51.9 Å². The highest BCUT2D eigenvalue weighted by molar-refractivity contribution is 5.94. The SMILES string of the molecule is CCCCC1CCC(C(=O)N2CCN(CCNC(=O)c3ccc(OC)cc3)CC2)CC1. The van der Waals surface area contributed by atoms with Gasteiger partial charge in [0, 0.05) is 50.7 Å². The van der Waals surface area contributed by atoms with E-state index in [0.717, 1.165) is 57.2 Å². The maximum absolute atomic E-state index is 12.9. The fourth-order valence-electron chi connectivity index (χ4n) is 4.81. The van der Waals surface area contributed by atoms with E-state index in [1.807, 2.05) is 0 Å². The van der Waals surface area contributed by atoms with Crippen LogP contribution in [0, 0.1) is 11.8 Å². The van der Waals surface area contributed by atoms with Crippen molar-refractivity contribution in [2.75, 3.05) is 46.4 Å². The predicted molar refractivity (Wildman–Crippen MR) is 123 cm³/mol. The van der Waals surface area contributed by atoms with Crippen molar-refractivity contribution < 1.29 is 14.3 Å². The smallest absolute Gasteiger partial charge is 0.251 e. The van der Waals surface area contributed by atoms with Gasteiger partial charge in [-0.2, -0.15) is 0 Å². The van der Waals surface area contributed by atoms with Crippen LogP contribution in [-0.2, 0) is 4.79 Å². The van der Waals surface area contributed by atoms with Gasteiger partial charge < -0.3 is 15.0 Å². The number of carbonyl (C=O) groups excluding carboxylic acids is 2. The van der Waals surface area contributed by atoms with Crippen molar-refractivity contribution in [3.05, 3.63) is 29.8 Å². The largest absolute Gasteiger partial charge is 0.497 e. The summed E-state index contributed by atoms with van der Waals surface area (Å²) in [5.74, 6) is 2.14. The summed E-state index contributed by atoms with van der Waals surface area (Å²) in [7, 11) is 1.61. The fraction of sp³-hybridized carbons (Fsp3) is 0.680. The van der Waals surface area contributed by atoms with E-state index in [2.05, 4.69) is 22.0 Å². The summed E-state index contributed by atoms with van der Waals surface area (Å²) in [6.45, 7) is 7.06. The quantitative estimate of drug-likeness (QED) is 0.652. The van der Waals surface area contributed by atoms with Gasteiger partial charge in [0.2, 0.25) is 5.91 Å². The van der Waals surface area contributed by atoms with Gasteiger partial charge in [0.1, 0.15) is 5.75 Å². The van der Waals surface area contributed by atoms with Gasteiger partial charge in [-0.15, -0.1) is 0 Å². The van der Waals surface area contributed by atoms with Gasteiger partial charge in [-0.05, 0) is 55.9 Å². The molecule has 1 saturated carbocycles. The average Bonchev–Trinajstić information content (AvgIpc) is 2.83. The summed E-state index contributed by atoms with van der Waals surface area (Å²) in [6.07, 6.45) is 8.54. The first-order valence-corrected chi connectivity index (χ1v) is 12.0. The lowest BCUT2D eigenvalue weighted by atomic mass is 9.79. The minimum atomic E-state index is -0.0639. The Hall–Kier alpha value is -2.08. The first-order valence-electron chi connectivity index (χ1n) is 12.0. The van der Waals surface area contributed by atoms with Crippen LogP contribution in [-0.4, -0.2) is 68.0 Å². The minimum absolute atomic E-state index is 0.0639. The number of benzene rings is 1. The van der Waals surface area contributed by atoms with Gasteiger partial charge in [0.05, 0.1) is 7.11 Å². The molecule has 0 aromatic heterocycles. The molecule has 1 aromatic rings. The van der Waals surface area contributed by atoms with Gasteiger partial charge in [0.15, 0.2) is 0 Å². The molecule has 1 heterocycles. The highest BCUT2D eigenvalue weighted by Crippen LogP contribution is 2.33. The number of piperazine rings is 1. The van der Waals surface area contributed by atoms with E-state index in [1.165, 1.54) is 32.1 Å². The molecule has 3 rings (SSSR count). The monoisotopic (exact) mass is 429 g/mol. The van der Waals surface area contributed by atoms with E-state index in [4.69, 9.17) is 4.74 Å². The number of nitrogens with one attached hydrogen (secondary N) is 1. The number of nitrogens with zero attached hydrogens (tertiary/aromatic N) is 2. The summed E-state index contributed by atoms with van der Waals surface area (Å²) in [4.78, 5) is 29.6. The van der Waals surface area contributed by atoms with Crippen molar-refractivity contribution in [3.8, 4) is 5.75 Å². The van der Waals surface area contributed by atoms with E-state index in [9.17, 15) is 9.59 Å². The zero-order valence-electron chi connectivity index (χ0n) is 19.3. The molecule has 2 amide bonds. The molecule has 1 aromatic carbocycles. The normalized spacial score (nSPS) is 22.2. The number of hydrogen-bond donors (Lipinski definition) is 1. The second-order valence-electron chi connectivity index (χ2n) is 9.01. The molecule has 0 radical (unpaired) electrons. The Bertz CT molecular complexity index is 690. The molecule has 1 aliphatic carbocycles. The topological polar surface area (TPSA) is 61.9 Å². The van der Waals surface area contributed by atoms with Gasteiger partial charge in [0.25, 0.3) is 5.91 Å². The van der Waals surface area contributed by atoms with E-state index in [-0.39, 0.29) is 11.8 Å². The summed E-state index contributed by atoms with van der Waals surface area (Å²) in [5, 5.41) is 2.99. The molecule has 1 N–H and O–H groups in total. The second-order valence-corrected chi connectivity index (χ2v) is 9.01. The van der Waals surface area contributed by atoms with Gasteiger partial charge in [-0.1, -0.05) is 26.2 Å². The van der Waals surface area contributed by atoms with Crippen molar-refractivity contribution in [1.82, 2.24) is 15.1 Å². The van der Waals surface area contributed by atoms with Crippen LogP contribution < -0.4 is 10.1 Å². The lowest BCUT2D eigenvalue weighted by Crippen LogP contribution is -2.51. The molecule has 0 bridgehead atoms. The standard InChI is InChI=1S/C25H39N3O3/c1-3-4-5-20-6-8-22(9-7-20)25(30)28-18-16-27(17-19-28)15-14-26-24(29)21-10-12-23(31-2)13-11-21/h10-13,20,22H,3-9,14-19H2,1-2H3,(H,26,29). The Morgan fingerprint density at radius 2 is 1.71 bits per heavy atom. The van der Waals surface area contributed by atoms with Gasteiger partial charge >= 0.3 is 0 Å². The highest BCUT2D eigenvalue weighted by Gasteiger charge is 2.30. The number of unbranched alkanes of at least 4 members (excludes halogenated alkanes) is 1. The number of carbonyl (C=O) groups is 2. The van der Waals surface area contributed by atoms with E-state index < -0.39 is 0 Å². The van der Waals surface area contributed by atoms with E-state index in [0.29, 0.717) is 18.0 Å². The lowest BCUT2D eigenvalue weighted by molar-refractivity contribution is -0.138. The summed E-state index contributed by atoms with van der Waals surface area (Å²) >= 11 is 0. The van der Waals surface area contributed by atoms with Gasteiger partial charge in [-0.25, -0.2) is 0 Å². The Morgan fingerprint density at radius 3 is 2.32 bits per heavy atom. The van der Waals surface area contributed by atoms with Crippen LogP contribution in [0.3, 0.4) is 0 Å². The van der Waals surface area contributed by atoms with Crippen LogP contribution in [0.15, 0.2) is 24.3 Å². The number of amides is 2. The predicted octanol–water partition coefficient (Wildman–Crippen LogP) is 3.57. The lowest BCUT2D eigenvalue weighted by Gasteiger charge is -2.38. The summed E-state index contributed by atoms with van der Waals surface area (Å²) < 4.78 is 5.13. The molecule has 0 unspecified atom stereocenters. The van der Waals surface area contributed by atoms with Crippen molar-refractivity contribution in [3.63, 3.8) is 0 Å². The first-order chi connectivity index (χ1) is 15.1. The molecular formula is C25H39N3O3. The van der Waals surface area contributed by atoms with Crippen molar-refractivity contribution in [2.24, 2.45) is 11.8 Å². The minimum Gasteiger partial charge on any atom is -0.497 e. The van der Waals surface area contributed by atoms with Crippen molar-refractivity contribution in [1.29, 1.82) is 0 Å². The number of ether oxygens (including phenoxy) is 1. The molecule has 31 heavy (non-hydrogen) atoms. The molecule has 1 saturated heterocycles. The first kappa shape index (κ1) is 23.6. The van der Waals surface area contributed by atoms with E-state index >= 15 is 0 Å². The highest BCUT2D eigenvalue weighted by atomic mass is 16.5. The van der Waals surface area contributed by atoms with Gasteiger partial charge in [-0.3, -0.25) is 14.5 Å². The van der Waals surface area contributed by atoms with Crippen LogP contribution in [0.5, 0.6) is 5.75 Å². The molecule has 2 fully saturated rings. The Kier molecular flexibility index (Phi) is 9.19. The molecule has 2 aliphatic rings. The number of rotatable bonds is 9. The third-order valence-corrected chi connectivity index (χ3v) is 6.91. The van der Waals surface area contributed by atoms with E-state index in [1.54, 1.807) is 31.4 Å². The van der Waals surface area contributed by atoms with Crippen molar-refractivity contribution >= 4 is 11.8 Å². The van der Waals surface area contributed by atoms with Crippen LogP contribution in [0.2, 0.25) is 0 Å². The third kappa shape index (κ3) is 6.96. The molecule has 6 heteroatoms.